The number of rotatable bonds is 3. The molecule has 0 amide bonds. The number of halogens is 2. The van der Waals surface area contributed by atoms with Gasteiger partial charge in [0.1, 0.15) is 5.82 Å². The van der Waals surface area contributed by atoms with Gasteiger partial charge in [0.25, 0.3) is 0 Å². The Morgan fingerprint density at radius 2 is 2.33 bits per heavy atom. The maximum absolute atomic E-state index is 13.5. The Labute approximate surface area is 97.1 Å². The minimum Gasteiger partial charge on any atom is -0.271 e. The molecule has 1 unspecified atom stereocenters. The molecule has 80 valence electrons. The van der Waals surface area contributed by atoms with E-state index in [2.05, 4.69) is 33.2 Å². The first-order valence-corrected chi connectivity index (χ1v) is 5.29. The summed E-state index contributed by atoms with van der Waals surface area (Å²) in [5, 5.41) is 0. The van der Waals surface area contributed by atoms with Crippen molar-refractivity contribution in [2.24, 2.45) is 5.84 Å². The van der Waals surface area contributed by atoms with Crippen LogP contribution < -0.4 is 11.3 Å². The first-order valence-electron chi connectivity index (χ1n) is 4.50. The van der Waals surface area contributed by atoms with Crippen molar-refractivity contribution >= 4 is 15.9 Å². The first-order chi connectivity index (χ1) is 7.20. The van der Waals surface area contributed by atoms with Gasteiger partial charge < -0.3 is 0 Å². The highest BCUT2D eigenvalue weighted by Gasteiger charge is 2.16. The van der Waals surface area contributed by atoms with Crippen molar-refractivity contribution in [1.82, 2.24) is 5.43 Å². The fourth-order valence-electron chi connectivity index (χ4n) is 1.29. The molecule has 15 heavy (non-hydrogen) atoms. The molecule has 0 aliphatic rings. The average Bonchev–Trinajstić information content (AvgIpc) is 2.22. The molecule has 0 aliphatic heterocycles. The SMILES string of the molecule is CC#CCC(NN)c1c(F)cccc1Br. The molecule has 0 aromatic heterocycles. The summed E-state index contributed by atoms with van der Waals surface area (Å²) >= 11 is 3.30. The number of benzene rings is 1. The molecule has 0 fully saturated rings. The summed E-state index contributed by atoms with van der Waals surface area (Å²) in [4.78, 5) is 0. The van der Waals surface area contributed by atoms with E-state index in [9.17, 15) is 4.39 Å². The second-order valence-corrected chi connectivity index (χ2v) is 3.84. The van der Waals surface area contributed by atoms with Crippen LogP contribution in [0.4, 0.5) is 4.39 Å². The number of nitrogens with one attached hydrogen (secondary N) is 1. The largest absolute Gasteiger partial charge is 0.271 e. The Balaban J connectivity index is 3.03. The second-order valence-electron chi connectivity index (χ2n) is 2.99. The molecule has 3 N–H and O–H groups in total. The Bertz CT molecular complexity index is 375. The van der Waals surface area contributed by atoms with Crippen molar-refractivity contribution in [2.45, 2.75) is 19.4 Å². The summed E-state index contributed by atoms with van der Waals surface area (Å²) in [5.41, 5.74) is 3.08. The Hall–Kier alpha value is -0.890. The van der Waals surface area contributed by atoms with Gasteiger partial charge in [0.2, 0.25) is 0 Å². The van der Waals surface area contributed by atoms with E-state index in [-0.39, 0.29) is 11.9 Å². The van der Waals surface area contributed by atoms with Crippen LogP contribution in [0.15, 0.2) is 22.7 Å². The molecule has 0 radical (unpaired) electrons. The van der Waals surface area contributed by atoms with Gasteiger partial charge in [-0.25, -0.2) is 4.39 Å². The number of hydrogen-bond donors (Lipinski definition) is 2. The summed E-state index contributed by atoms with van der Waals surface area (Å²) in [7, 11) is 0. The summed E-state index contributed by atoms with van der Waals surface area (Å²) in [5.74, 6) is 10.7. The van der Waals surface area contributed by atoms with Gasteiger partial charge in [0.05, 0.1) is 6.04 Å². The monoisotopic (exact) mass is 270 g/mol. The van der Waals surface area contributed by atoms with Gasteiger partial charge >= 0.3 is 0 Å². The predicted octanol–water partition coefficient (Wildman–Crippen LogP) is 2.51. The van der Waals surface area contributed by atoms with Gasteiger partial charge in [0, 0.05) is 16.5 Å². The van der Waals surface area contributed by atoms with Crippen LogP contribution in [-0.2, 0) is 0 Å². The zero-order valence-electron chi connectivity index (χ0n) is 8.35. The van der Waals surface area contributed by atoms with Gasteiger partial charge in [-0.1, -0.05) is 22.0 Å². The molecule has 1 aromatic carbocycles. The van der Waals surface area contributed by atoms with E-state index in [1.165, 1.54) is 6.07 Å². The highest BCUT2D eigenvalue weighted by atomic mass is 79.9. The molecule has 0 saturated heterocycles. The quantitative estimate of drug-likeness (QED) is 0.503. The van der Waals surface area contributed by atoms with Crippen LogP contribution in [0.2, 0.25) is 0 Å². The van der Waals surface area contributed by atoms with E-state index >= 15 is 0 Å². The van der Waals surface area contributed by atoms with E-state index in [0.29, 0.717) is 16.5 Å². The third-order valence-electron chi connectivity index (χ3n) is 2.03. The van der Waals surface area contributed by atoms with Crippen LogP contribution in [0.1, 0.15) is 24.9 Å². The molecule has 0 bridgehead atoms. The number of nitrogens with two attached hydrogens (primary N) is 1. The minimum absolute atomic E-state index is 0.287. The van der Waals surface area contributed by atoms with Gasteiger partial charge in [0.15, 0.2) is 0 Å². The fourth-order valence-corrected chi connectivity index (χ4v) is 1.91. The number of hydrazine groups is 1. The normalized spacial score (nSPS) is 11.7. The van der Waals surface area contributed by atoms with E-state index in [4.69, 9.17) is 5.84 Å². The maximum Gasteiger partial charge on any atom is 0.129 e. The predicted molar refractivity (Wildman–Crippen MR) is 62.2 cm³/mol. The van der Waals surface area contributed by atoms with Crippen LogP contribution in [0.5, 0.6) is 0 Å². The lowest BCUT2D eigenvalue weighted by Crippen LogP contribution is -2.28. The third kappa shape index (κ3) is 3.03. The number of hydrogen-bond acceptors (Lipinski definition) is 2. The van der Waals surface area contributed by atoms with Crippen molar-refractivity contribution in [3.8, 4) is 11.8 Å². The topological polar surface area (TPSA) is 38.0 Å². The summed E-state index contributed by atoms with van der Waals surface area (Å²) in [6.45, 7) is 1.74. The first kappa shape index (κ1) is 12.2. The molecule has 2 nitrogen and oxygen atoms in total. The molecule has 0 saturated carbocycles. The zero-order chi connectivity index (χ0) is 11.3. The molecular formula is C11H12BrFN2. The molecule has 1 rings (SSSR count). The van der Waals surface area contributed by atoms with E-state index in [1.807, 2.05) is 0 Å². The van der Waals surface area contributed by atoms with Crippen LogP contribution in [0.25, 0.3) is 0 Å². The van der Waals surface area contributed by atoms with Crippen molar-refractivity contribution in [3.05, 3.63) is 34.1 Å². The zero-order valence-corrected chi connectivity index (χ0v) is 9.94. The van der Waals surface area contributed by atoms with Gasteiger partial charge in [-0.3, -0.25) is 11.3 Å². The standard InChI is InChI=1S/C11H12BrFN2/c1-2-3-7-10(15-14)11-8(12)5-4-6-9(11)13/h4-6,10,15H,7,14H2,1H3. The minimum atomic E-state index is -0.298. The molecule has 1 atom stereocenters. The average molecular weight is 271 g/mol. The summed E-state index contributed by atoms with van der Waals surface area (Å²) in [6, 6.07) is 4.53. The molecule has 0 aliphatic carbocycles. The smallest absolute Gasteiger partial charge is 0.129 e. The van der Waals surface area contributed by atoms with Gasteiger partial charge in [-0.2, -0.15) is 0 Å². The second kappa shape index (κ2) is 5.86. The van der Waals surface area contributed by atoms with Crippen LogP contribution in [-0.4, -0.2) is 0 Å². The van der Waals surface area contributed by atoms with E-state index in [0.717, 1.165) is 0 Å². The molecule has 1 aromatic rings. The maximum atomic E-state index is 13.5. The third-order valence-corrected chi connectivity index (χ3v) is 2.72. The molecular weight excluding hydrogens is 259 g/mol. The molecule has 0 spiro atoms. The Morgan fingerprint density at radius 1 is 1.60 bits per heavy atom. The lowest BCUT2D eigenvalue weighted by Gasteiger charge is -2.15. The van der Waals surface area contributed by atoms with Crippen molar-refractivity contribution < 1.29 is 4.39 Å². The van der Waals surface area contributed by atoms with Crippen LogP contribution >= 0.6 is 15.9 Å². The summed E-state index contributed by atoms with van der Waals surface area (Å²) in [6.07, 6.45) is 0.479. The Kier molecular flexibility index (Phi) is 4.76. The Morgan fingerprint density at radius 3 is 2.87 bits per heavy atom. The fraction of sp³-hybridized carbons (Fsp3) is 0.273. The van der Waals surface area contributed by atoms with Crippen molar-refractivity contribution in [1.29, 1.82) is 0 Å². The van der Waals surface area contributed by atoms with Gasteiger partial charge in [-0.15, -0.1) is 11.8 Å². The van der Waals surface area contributed by atoms with E-state index in [1.54, 1.807) is 19.1 Å². The summed E-state index contributed by atoms with van der Waals surface area (Å²) < 4.78 is 14.2. The highest BCUT2D eigenvalue weighted by Crippen LogP contribution is 2.27. The molecule has 4 heteroatoms. The lowest BCUT2D eigenvalue weighted by molar-refractivity contribution is 0.518. The van der Waals surface area contributed by atoms with Crippen molar-refractivity contribution in [3.63, 3.8) is 0 Å². The van der Waals surface area contributed by atoms with Crippen LogP contribution in [0, 0.1) is 17.7 Å². The van der Waals surface area contributed by atoms with Crippen LogP contribution in [0.3, 0.4) is 0 Å². The lowest BCUT2D eigenvalue weighted by atomic mass is 10.0. The molecule has 0 heterocycles. The van der Waals surface area contributed by atoms with Crippen molar-refractivity contribution in [2.75, 3.05) is 0 Å². The highest BCUT2D eigenvalue weighted by molar-refractivity contribution is 9.10. The van der Waals surface area contributed by atoms with E-state index < -0.39 is 0 Å². The van der Waals surface area contributed by atoms with Gasteiger partial charge in [-0.05, 0) is 19.1 Å².